The van der Waals surface area contributed by atoms with E-state index in [-0.39, 0.29) is 0 Å². The molecule has 0 amide bonds. The average molecular weight is 329 g/mol. The van der Waals surface area contributed by atoms with Crippen LogP contribution in [0.5, 0.6) is 0 Å². The van der Waals surface area contributed by atoms with E-state index in [9.17, 15) is 0 Å². The van der Waals surface area contributed by atoms with Gasteiger partial charge in [0.1, 0.15) is 12.4 Å². The molecule has 1 aliphatic heterocycles. The summed E-state index contributed by atoms with van der Waals surface area (Å²) in [5.74, 6) is 3.79. The van der Waals surface area contributed by atoms with Crippen molar-refractivity contribution in [2.24, 2.45) is 0 Å². The Morgan fingerprint density at radius 2 is 1.08 bits per heavy atom. The van der Waals surface area contributed by atoms with Gasteiger partial charge >= 0.3 is 0 Å². The lowest BCUT2D eigenvalue weighted by Crippen LogP contribution is -2.33. The number of nitrogens with one attached hydrogen (secondary N) is 1. The second-order valence-electron chi connectivity index (χ2n) is 5.86. The first kappa shape index (κ1) is 15.2. The molecule has 0 saturated heterocycles. The van der Waals surface area contributed by atoms with Gasteiger partial charge in [-0.05, 0) is 24.3 Å². The first-order valence-corrected chi connectivity index (χ1v) is 8.16. The maximum atomic E-state index is 4.45. The predicted molar refractivity (Wildman–Crippen MR) is 98.0 cm³/mol. The van der Waals surface area contributed by atoms with Crippen molar-refractivity contribution in [2.75, 3.05) is 14.1 Å². The molecule has 5 nitrogen and oxygen atoms in total. The molecule has 1 aromatic carbocycles. The van der Waals surface area contributed by atoms with Crippen molar-refractivity contribution in [3.8, 4) is 0 Å². The van der Waals surface area contributed by atoms with E-state index < -0.39 is 0 Å². The lowest BCUT2D eigenvalue weighted by atomic mass is 10.1. The fourth-order valence-corrected chi connectivity index (χ4v) is 3.01. The standard InChI is InChI=1S/C20H18N5/c1-24(17-11-5-7-13-21-17)19-15-9-3-4-10-16(15)20(23-19)25(2)18-12-6-8-14-22-18/h3-14H,1-2H3/q+1/p+1. The molecule has 1 N–H and O–H groups in total. The summed E-state index contributed by atoms with van der Waals surface area (Å²) in [4.78, 5) is 8.91. The SMILES string of the molecule is C[N+](=C1NC(=[N+](C)c2ccccn2)c2ccccc21)c1ccccn1. The van der Waals surface area contributed by atoms with E-state index in [0.29, 0.717) is 0 Å². The quantitative estimate of drug-likeness (QED) is 0.735. The van der Waals surface area contributed by atoms with E-state index in [1.54, 1.807) is 12.4 Å². The van der Waals surface area contributed by atoms with Gasteiger partial charge in [-0.25, -0.2) is 14.5 Å². The van der Waals surface area contributed by atoms with Crippen LogP contribution < -0.4 is 5.32 Å². The molecule has 2 aromatic heterocycles. The van der Waals surface area contributed by atoms with E-state index in [2.05, 4.69) is 48.7 Å². The van der Waals surface area contributed by atoms with Crippen LogP contribution in [0.1, 0.15) is 11.1 Å². The molecule has 4 rings (SSSR count). The number of fused-ring (bicyclic) bond motifs is 1. The molecule has 0 spiro atoms. The van der Waals surface area contributed by atoms with Crippen LogP contribution in [-0.2, 0) is 0 Å². The third-order valence-corrected chi connectivity index (χ3v) is 4.33. The Bertz CT molecular complexity index is 895. The van der Waals surface area contributed by atoms with Crippen molar-refractivity contribution in [2.45, 2.75) is 0 Å². The summed E-state index contributed by atoms with van der Waals surface area (Å²) in [6.45, 7) is 0. The zero-order valence-electron chi connectivity index (χ0n) is 14.2. The van der Waals surface area contributed by atoms with Crippen molar-refractivity contribution < 1.29 is 9.15 Å². The van der Waals surface area contributed by atoms with Gasteiger partial charge in [0.05, 0.1) is 25.2 Å². The van der Waals surface area contributed by atoms with Crippen LogP contribution in [0.15, 0.2) is 73.1 Å². The van der Waals surface area contributed by atoms with Crippen molar-refractivity contribution in [3.63, 3.8) is 0 Å². The summed E-state index contributed by atoms with van der Waals surface area (Å²) in [5.41, 5.74) is 2.29. The molecule has 3 aromatic rings. The van der Waals surface area contributed by atoms with Crippen LogP contribution in [-0.4, -0.2) is 44.9 Å². The van der Waals surface area contributed by atoms with Gasteiger partial charge in [-0.1, -0.05) is 24.3 Å². The zero-order valence-corrected chi connectivity index (χ0v) is 14.2. The number of pyridine rings is 2. The normalized spacial score (nSPS) is 16.9. The van der Waals surface area contributed by atoms with Crippen LogP contribution in [0.2, 0.25) is 0 Å². The van der Waals surface area contributed by atoms with E-state index >= 15 is 0 Å². The molecule has 0 atom stereocenters. The number of benzene rings is 1. The van der Waals surface area contributed by atoms with Gasteiger partial charge < -0.3 is 0 Å². The Balaban J connectivity index is 1.90. The van der Waals surface area contributed by atoms with E-state index in [0.717, 1.165) is 34.4 Å². The summed E-state index contributed by atoms with van der Waals surface area (Å²) in [7, 11) is 4.04. The van der Waals surface area contributed by atoms with Crippen LogP contribution >= 0.6 is 0 Å². The largest absolute Gasteiger partial charge is 0.262 e. The second kappa shape index (κ2) is 6.28. The Hall–Kier alpha value is -3.34. The molecule has 25 heavy (non-hydrogen) atoms. The topological polar surface area (TPSA) is 43.8 Å². The van der Waals surface area contributed by atoms with Crippen molar-refractivity contribution in [1.29, 1.82) is 0 Å². The number of aromatic nitrogens is 2. The zero-order chi connectivity index (χ0) is 17.2. The summed E-state index contributed by atoms with van der Waals surface area (Å²) in [5, 5.41) is 3.56. The van der Waals surface area contributed by atoms with Crippen LogP contribution in [0.3, 0.4) is 0 Å². The molecule has 0 aliphatic carbocycles. The minimum absolute atomic E-state index is 0.890. The summed E-state index contributed by atoms with van der Waals surface area (Å²) >= 11 is 0. The van der Waals surface area contributed by atoms with Crippen LogP contribution in [0, 0.1) is 0 Å². The maximum Gasteiger partial charge on any atom is 0.262 e. The minimum Gasteiger partial charge on any atom is -0.245 e. The highest BCUT2D eigenvalue weighted by atomic mass is 15.2. The number of amidine groups is 2. The van der Waals surface area contributed by atoms with Gasteiger partial charge in [-0.15, -0.1) is 9.97 Å². The van der Waals surface area contributed by atoms with Gasteiger partial charge in [-0.2, -0.15) is 0 Å². The molecular weight excluding hydrogens is 310 g/mol. The van der Waals surface area contributed by atoms with Crippen molar-refractivity contribution >= 4 is 23.3 Å². The van der Waals surface area contributed by atoms with Crippen molar-refractivity contribution in [3.05, 3.63) is 84.2 Å². The molecule has 122 valence electrons. The molecule has 1 aliphatic rings. The third kappa shape index (κ3) is 2.70. The Morgan fingerprint density at radius 1 is 0.640 bits per heavy atom. The Morgan fingerprint density at radius 3 is 1.48 bits per heavy atom. The van der Waals surface area contributed by atoms with Gasteiger partial charge in [0.2, 0.25) is 11.7 Å². The second-order valence-corrected chi connectivity index (χ2v) is 5.86. The first-order valence-electron chi connectivity index (χ1n) is 8.16. The number of hydrogen-bond donors (Lipinski definition) is 1. The Kier molecular flexibility index (Phi) is 3.82. The fraction of sp³-hybridized carbons (Fsp3) is 0.100. The van der Waals surface area contributed by atoms with Crippen LogP contribution in [0.25, 0.3) is 0 Å². The molecular formula is C20H19N5+2. The van der Waals surface area contributed by atoms with E-state index in [1.807, 2.05) is 50.5 Å². The van der Waals surface area contributed by atoms with E-state index in [4.69, 9.17) is 0 Å². The first-order chi connectivity index (χ1) is 12.3. The molecule has 0 saturated carbocycles. The number of hydrogen-bond acceptors (Lipinski definition) is 2. The Labute approximate surface area is 146 Å². The summed E-state index contributed by atoms with van der Waals surface area (Å²) in [6.07, 6.45) is 3.61. The monoisotopic (exact) mass is 329 g/mol. The predicted octanol–water partition coefficient (Wildman–Crippen LogP) is 2.52. The van der Waals surface area contributed by atoms with Gasteiger partial charge in [0.25, 0.3) is 11.6 Å². The van der Waals surface area contributed by atoms with Gasteiger partial charge in [0.15, 0.2) is 0 Å². The van der Waals surface area contributed by atoms with Crippen molar-refractivity contribution in [1.82, 2.24) is 15.3 Å². The van der Waals surface area contributed by atoms with Gasteiger partial charge in [-0.3, -0.25) is 0 Å². The maximum absolute atomic E-state index is 4.45. The van der Waals surface area contributed by atoms with Crippen LogP contribution in [0.4, 0.5) is 11.6 Å². The summed E-state index contributed by atoms with van der Waals surface area (Å²) < 4.78 is 4.14. The molecule has 5 heteroatoms. The molecule has 0 unspecified atom stereocenters. The molecule has 0 bridgehead atoms. The highest BCUT2D eigenvalue weighted by Gasteiger charge is 2.32. The smallest absolute Gasteiger partial charge is 0.245 e. The molecule has 3 heterocycles. The molecule has 0 radical (unpaired) electrons. The third-order valence-electron chi connectivity index (χ3n) is 4.33. The van der Waals surface area contributed by atoms with Gasteiger partial charge in [0, 0.05) is 12.1 Å². The lowest BCUT2D eigenvalue weighted by molar-refractivity contribution is -0.416. The summed E-state index contributed by atoms with van der Waals surface area (Å²) in [6, 6.07) is 20.2. The lowest BCUT2D eigenvalue weighted by Gasteiger charge is -2.04. The average Bonchev–Trinajstić information content (AvgIpc) is 3.08. The number of rotatable bonds is 2. The minimum atomic E-state index is 0.890. The number of nitrogens with zero attached hydrogens (tertiary/aromatic N) is 4. The highest BCUT2D eigenvalue weighted by Crippen LogP contribution is 2.20. The molecule has 0 fully saturated rings. The fourth-order valence-electron chi connectivity index (χ4n) is 3.01. The highest BCUT2D eigenvalue weighted by molar-refractivity contribution is 6.22. The van der Waals surface area contributed by atoms with E-state index in [1.165, 1.54) is 0 Å².